The van der Waals surface area contributed by atoms with Gasteiger partial charge < -0.3 is 20.1 Å². The molecule has 1 unspecified atom stereocenters. The number of carbonyl (C=O) groups excluding carboxylic acids is 2. The molecule has 21 heavy (non-hydrogen) atoms. The summed E-state index contributed by atoms with van der Waals surface area (Å²) in [5.41, 5.74) is 5.92. The molecule has 0 saturated carbocycles. The third-order valence-electron chi connectivity index (χ3n) is 3.13. The number of carbonyl (C=O) groups is 2. The molecule has 1 fully saturated rings. The van der Waals surface area contributed by atoms with Crippen molar-refractivity contribution in [3.05, 3.63) is 34.9 Å². The first kappa shape index (κ1) is 15.8. The molecule has 1 aromatic carbocycles. The van der Waals surface area contributed by atoms with Crippen LogP contribution >= 0.6 is 11.6 Å². The summed E-state index contributed by atoms with van der Waals surface area (Å²) in [6.45, 7) is 0.991. The molecule has 0 bridgehead atoms. The second-order valence-corrected chi connectivity index (χ2v) is 5.15. The summed E-state index contributed by atoms with van der Waals surface area (Å²) in [6, 6.07) is 7.34. The molecule has 1 aromatic rings. The van der Waals surface area contributed by atoms with Gasteiger partial charge in [-0.3, -0.25) is 9.59 Å². The van der Waals surface area contributed by atoms with Gasteiger partial charge in [-0.25, -0.2) is 0 Å². The zero-order valence-electron chi connectivity index (χ0n) is 11.5. The third-order valence-corrected chi connectivity index (χ3v) is 3.38. The number of rotatable bonds is 5. The van der Waals surface area contributed by atoms with E-state index in [-0.39, 0.29) is 25.2 Å². The van der Waals surface area contributed by atoms with Gasteiger partial charge in [0.1, 0.15) is 19.3 Å². The first-order valence-electron chi connectivity index (χ1n) is 6.57. The van der Waals surface area contributed by atoms with Crippen LogP contribution in [0.2, 0.25) is 5.02 Å². The molecular weight excluding hydrogens is 296 g/mol. The summed E-state index contributed by atoms with van der Waals surface area (Å²) in [5, 5.41) is 0.655. The Hall–Kier alpha value is -1.63. The van der Waals surface area contributed by atoms with Crippen molar-refractivity contribution in [2.75, 3.05) is 32.9 Å². The Morgan fingerprint density at radius 1 is 1.33 bits per heavy atom. The van der Waals surface area contributed by atoms with Gasteiger partial charge in [-0.05, 0) is 17.7 Å². The molecule has 6 nitrogen and oxygen atoms in total. The molecule has 114 valence electrons. The predicted octanol–water partition coefficient (Wildman–Crippen LogP) is 0.742. The molecule has 1 heterocycles. The quantitative estimate of drug-likeness (QED) is 0.869. The zero-order chi connectivity index (χ0) is 15.2. The molecule has 2 rings (SSSR count). The highest BCUT2D eigenvalue weighted by molar-refractivity contribution is 6.30. The monoisotopic (exact) mass is 312 g/mol. The Morgan fingerprint density at radius 3 is 2.71 bits per heavy atom. The van der Waals surface area contributed by atoms with Gasteiger partial charge in [-0.2, -0.15) is 0 Å². The minimum Gasteiger partial charge on any atom is -0.370 e. The second kappa shape index (κ2) is 7.40. The lowest BCUT2D eigenvalue weighted by molar-refractivity contribution is -0.144. The maximum Gasteiger partial charge on any atom is 0.248 e. The van der Waals surface area contributed by atoms with E-state index in [9.17, 15) is 9.59 Å². The fraction of sp³-hybridized carbons (Fsp3) is 0.429. The number of ether oxygens (including phenoxy) is 2. The number of morpholine rings is 1. The normalized spacial score (nSPS) is 18.5. The SMILES string of the molecule is NC(=O)COCC(=O)N1CCOC(c2ccc(Cl)cc2)C1. The largest absolute Gasteiger partial charge is 0.370 e. The minimum atomic E-state index is -0.594. The van der Waals surface area contributed by atoms with Crippen molar-refractivity contribution < 1.29 is 19.1 Å². The van der Waals surface area contributed by atoms with Crippen molar-refractivity contribution in [3.8, 4) is 0 Å². The van der Waals surface area contributed by atoms with E-state index in [2.05, 4.69) is 0 Å². The third kappa shape index (κ3) is 4.70. The molecule has 0 aromatic heterocycles. The molecular formula is C14H17ClN2O4. The Bertz CT molecular complexity index is 506. The van der Waals surface area contributed by atoms with Crippen LogP contribution in [0.15, 0.2) is 24.3 Å². The van der Waals surface area contributed by atoms with E-state index in [0.29, 0.717) is 24.7 Å². The summed E-state index contributed by atoms with van der Waals surface area (Å²) in [5.74, 6) is -0.776. The van der Waals surface area contributed by atoms with Crippen molar-refractivity contribution in [1.82, 2.24) is 4.90 Å². The summed E-state index contributed by atoms with van der Waals surface area (Å²) in [6.07, 6.45) is -0.184. The van der Waals surface area contributed by atoms with Gasteiger partial charge in [0.2, 0.25) is 11.8 Å². The van der Waals surface area contributed by atoms with Crippen molar-refractivity contribution in [2.24, 2.45) is 5.73 Å². The Balaban J connectivity index is 1.89. The summed E-state index contributed by atoms with van der Waals surface area (Å²) >= 11 is 5.85. The smallest absolute Gasteiger partial charge is 0.248 e. The van der Waals surface area contributed by atoms with Gasteiger partial charge >= 0.3 is 0 Å². The molecule has 2 amide bonds. The topological polar surface area (TPSA) is 81.9 Å². The van der Waals surface area contributed by atoms with Crippen LogP contribution in [0, 0.1) is 0 Å². The number of nitrogens with zero attached hydrogens (tertiary/aromatic N) is 1. The van der Waals surface area contributed by atoms with E-state index in [1.165, 1.54) is 0 Å². The van der Waals surface area contributed by atoms with E-state index >= 15 is 0 Å². The van der Waals surface area contributed by atoms with Crippen molar-refractivity contribution in [2.45, 2.75) is 6.10 Å². The van der Waals surface area contributed by atoms with Crippen LogP contribution in [-0.4, -0.2) is 49.6 Å². The van der Waals surface area contributed by atoms with Gasteiger partial charge in [0.25, 0.3) is 0 Å². The van der Waals surface area contributed by atoms with Crippen LogP contribution in [0.25, 0.3) is 0 Å². The van der Waals surface area contributed by atoms with Gasteiger partial charge in [0.15, 0.2) is 0 Å². The van der Waals surface area contributed by atoms with Crippen LogP contribution < -0.4 is 5.73 Å². The molecule has 2 N–H and O–H groups in total. The first-order chi connectivity index (χ1) is 10.1. The van der Waals surface area contributed by atoms with Crippen LogP contribution in [0.3, 0.4) is 0 Å². The Kier molecular flexibility index (Phi) is 5.55. The highest BCUT2D eigenvalue weighted by atomic mass is 35.5. The van der Waals surface area contributed by atoms with E-state index in [0.717, 1.165) is 5.56 Å². The van der Waals surface area contributed by atoms with Crippen molar-refractivity contribution in [3.63, 3.8) is 0 Å². The number of hydrogen-bond donors (Lipinski definition) is 1. The average molecular weight is 313 g/mol. The maximum atomic E-state index is 12.0. The van der Waals surface area contributed by atoms with E-state index in [1.54, 1.807) is 17.0 Å². The number of amides is 2. The molecule has 0 aliphatic carbocycles. The van der Waals surface area contributed by atoms with Gasteiger partial charge in [0, 0.05) is 11.6 Å². The van der Waals surface area contributed by atoms with Crippen molar-refractivity contribution in [1.29, 1.82) is 0 Å². The molecule has 0 radical (unpaired) electrons. The summed E-state index contributed by atoms with van der Waals surface area (Å²) in [4.78, 5) is 24.2. The highest BCUT2D eigenvalue weighted by Crippen LogP contribution is 2.23. The number of nitrogens with two attached hydrogens (primary N) is 1. The standard InChI is InChI=1S/C14H17ClN2O4/c15-11-3-1-10(2-4-11)12-7-17(5-6-21-12)14(19)9-20-8-13(16)18/h1-4,12H,5-9H2,(H2,16,18). The lowest BCUT2D eigenvalue weighted by atomic mass is 10.1. The number of hydrogen-bond acceptors (Lipinski definition) is 4. The molecule has 0 spiro atoms. The van der Waals surface area contributed by atoms with Gasteiger partial charge in [-0.15, -0.1) is 0 Å². The molecule has 1 atom stereocenters. The minimum absolute atomic E-state index is 0.156. The molecule has 7 heteroatoms. The Morgan fingerprint density at radius 2 is 2.05 bits per heavy atom. The first-order valence-corrected chi connectivity index (χ1v) is 6.95. The second-order valence-electron chi connectivity index (χ2n) is 4.71. The summed E-state index contributed by atoms with van der Waals surface area (Å²) in [7, 11) is 0. The predicted molar refractivity (Wildman–Crippen MR) is 76.7 cm³/mol. The van der Waals surface area contributed by atoms with Crippen LogP contribution in [0.1, 0.15) is 11.7 Å². The van der Waals surface area contributed by atoms with E-state index in [4.69, 9.17) is 26.8 Å². The van der Waals surface area contributed by atoms with Crippen LogP contribution in [0.4, 0.5) is 0 Å². The zero-order valence-corrected chi connectivity index (χ0v) is 12.2. The molecule has 1 aliphatic rings. The average Bonchev–Trinajstić information content (AvgIpc) is 2.47. The number of primary amides is 1. The lowest BCUT2D eigenvalue weighted by Crippen LogP contribution is -2.44. The van der Waals surface area contributed by atoms with Gasteiger partial charge in [-0.1, -0.05) is 23.7 Å². The maximum absolute atomic E-state index is 12.0. The van der Waals surface area contributed by atoms with Crippen LogP contribution in [-0.2, 0) is 19.1 Å². The van der Waals surface area contributed by atoms with Gasteiger partial charge in [0.05, 0.1) is 13.2 Å². The fourth-order valence-corrected chi connectivity index (χ4v) is 2.21. The summed E-state index contributed by atoms with van der Waals surface area (Å²) < 4.78 is 10.6. The number of halogens is 1. The highest BCUT2D eigenvalue weighted by Gasteiger charge is 2.25. The fourth-order valence-electron chi connectivity index (χ4n) is 2.09. The van der Waals surface area contributed by atoms with E-state index in [1.807, 2.05) is 12.1 Å². The van der Waals surface area contributed by atoms with Crippen molar-refractivity contribution >= 4 is 23.4 Å². The number of benzene rings is 1. The van der Waals surface area contributed by atoms with Crippen LogP contribution in [0.5, 0.6) is 0 Å². The molecule has 1 aliphatic heterocycles. The Labute approximate surface area is 127 Å². The molecule has 1 saturated heterocycles. The van der Waals surface area contributed by atoms with E-state index < -0.39 is 5.91 Å². The lowest BCUT2D eigenvalue weighted by Gasteiger charge is -2.33.